The van der Waals surface area contributed by atoms with Crippen molar-refractivity contribution in [2.75, 3.05) is 7.11 Å². The fourth-order valence-electron chi connectivity index (χ4n) is 1.71. The molecule has 0 aliphatic heterocycles. The standard InChI is InChI=1S/C15H14O4S/c1-11-3-5-12(6-4-11)15(16)20(17,18)14-9-7-13(19-2)8-10-14/h3-10H,1-2H3. The lowest BCUT2D eigenvalue weighted by Crippen LogP contribution is -2.15. The van der Waals surface area contributed by atoms with Gasteiger partial charge in [0.1, 0.15) is 5.75 Å². The topological polar surface area (TPSA) is 60.4 Å². The molecule has 20 heavy (non-hydrogen) atoms. The lowest BCUT2D eigenvalue weighted by atomic mass is 10.2. The van der Waals surface area contributed by atoms with Crippen LogP contribution in [0.2, 0.25) is 0 Å². The van der Waals surface area contributed by atoms with Crippen molar-refractivity contribution in [3.63, 3.8) is 0 Å². The van der Waals surface area contributed by atoms with Crippen LogP contribution in [0.5, 0.6) is 5.75 Å². The molecule has 5 heteroatoms. The Bertz CT molecular complexity index is 713. The third-order valence-electron chi connectivity index (χ3n) is 2.90. The lowest BCUT2D eigenvalue weighted by molar-refractivity contribution is 0.107. The number of benzene rings is 2. The maximum absolute atomic E-state index is 12.2. The van der Waals surface area contributed by atoms with E-state index in [0.29, 0.717) is 5.75 Å². The average molecular weight is 290 g/mol. The molecule has 0 aliphatic rings. The predicted octanol–water partition coefficient (Wildman–Crippen LogP) is 2.62. The van der Waals surface area contributed by atoms with E-state index in [-0.39, 0.29) is 10.5 Å². The zero-order valence-corrected chi connectivity index (χ0v) is 12.0. The molecule has 0 bridgehead atoms. The van der Waals surface area contributed by atoms with Crippen molar-refractivity contribution in [3.8, 4) is 5.75 Å². The van der Waals surface area contributed by atoms with E-state index in [1.54, 1.807) is 12.1 Å². The van der Waals surface area contributed by atoms with Gasteiger partial charge in [-0.3, -0.25) is 4.79 Å². The Morgan fingerprint density at radius 3 is 2.00 bits per heavy atom. The number of aryl methyl sites for hydroxylation is 1. The highest BCUT2D eigenvalue weighted by Crippen LogP contribution is 2.20. The fourth-order valence-corrected chi connectivity index (χ4v) is 2.86. The van der Waals surface area contributed by atoms with Crippen LogP contribution in [0.4, 0.5) is 0 Å². The average Bonchev–Trinajstić information content (AvgIpc) is 2.47. The summed E-state index contributed by atoms with van der Waals surface area (Å²) in [6, 6.07) is 12.2. The van der Waals surface area contributed by atoms with Crippen molar-refractivity contribution in [2.24, 2.45) is 0 Å². The number of rotatable bonds is 3. The van der Waals surface area contributed by atoms with Crippen LogP contribution < -0.4 is 4.74 Å². The van der Waals surface area contributed by atoms with Gasteiger partial charge in [-0.05, 0) is 31.2 Å². The Labute approximate surface area is 117 Å². The minimum absolute atomic E-state index is 0.0381. The summed E-state index contributed by atoms with van der Waals surface area (Å²) in [7, 11) is -2.54. The molecule has 0 aliphatic carbocycles. The van der Waals surface area contributed by atoms with Crippen LogP contribution in [0.25, 0.3) is 0 Å². The lowest BCUT2D eigenvalue weighted by Gasteiger charge is -2.05. The first-order valence-corrected chi connectivity index (χ1v) is 7.43. The van der Waals surface area contributed by atoms with E-state index < -0.39 is 15.0 Å². The highest BCUT2D eigenvalue weighted by Gasteiger charge is 2.26. The van der Waals surface area contributed by atoms with Gasteiger partial charge in [0.05, 0.1) is 12.0 Å². The molecule has 0 amide bonds. The molecular formula is C15H14O4S. The second-order valence-corrected chi connectivity index (χ2v) is 6.18. The molecule has 2 rings (SSSR count). The molecule has 0 saturated carbocycles. The largest absolute Gasteiger partial charge is 0.497 e. The quantitative estimate of drug-likeness (QED) is 0.872. The monoisotopic (exact) mass is 290 g/mol. The fraction of sp³-hybridized carbons (Fsp3) is 0.133. The highest BCUT2D eigenvalue weighted by atomic mass is 32.2. The molecule has 0 radical (unpaired) electrons. The number of hydrogen-bond acceptors (Lipinski definition) is 4. The summed E-state index contributed by atoms with van der Waals surface area (Å²) >= 11 is 0. The van der Waals surface area contributed by atoms with Crippen LogP contribution in [-0.2, 0) is 9.84 Å². The van der Waals surface area contributed by atoms with Crippen molar-refractivity contribution < 1.29 is 17.9 Å². The van der Waals surface area contributed by atoms with Gasteiger partial charge in [-0.15, -0.1) is 0 Å². The van der Waals surface area contributed by atoms with E-state index in [0.717, 1.165) is 5.56 Å². The Balaban J connectivity index is 2.38. The summed E-state index contributed by atoms with van der Waals surface area (Å²) in [5, 5.41) is -0.900. The molecule has 0 atom stereocenters. The van der Waals surface area contributed by atoms with Gasteiger partial charge >= 0.3 is 0 Å². The summed E-state index contributed by atoms with van der Waals surface area (Å²) in [5.74, 6) is 0.534. The molecule has 0 spiro atoms. The van der Waals surface area contributed by atoms with Crippen LogP contribution >= 0.6 is 0 Å². The number of carbonyl (C=O) groups is 1. The first-order valence-electron chi connectivity index (χ1n) is 5.95. The first kappa shape index (κ1) is 14.3. The molecule has 4 nitrogen and oxygen atoms in total. The van der Waals surface area contributed by atoms with Crippen molar-refractivity contribution in [2.45, 2.75) is 11.8 Å². The normalized spacial score (nSPS) is 11.1. The van der Waals surface area contributed by atoms with Crippen LogP contribution in [0.15, 0.2) is 53.4 Å². The van der Waals surface area contributed by atoms with Crippen molar-refractivity contribution in [1.29, 1.82) is 0 Å². The zero-order valence-electron chi connectivity index (χ0n) is 11.2. The molecule has 0 saturated heterocycles. The predicted molar refractivity (Wildman–Crippen MR) is 75.7 cm³/mol. The highest BCUT2D eigenvalue weighted by molar-refractivity contribution is 8.06. The van der Waals surface area contributed by atoms with Gasteiger partial charge in [0.15, 0.2) is 0 Å². The summed E-state index contributed by atoms with van der Waals surface area (Å²) in [6.07, 6.45) is 0. The molecular weight excluding hydrogens is 276 g/mol. The minimum Gasteiger partial charge on any atom is -0.497 e. The van der Waals surface area contributed by atoms with Gasteiger partial charge in [0.2, 0.25) is 9.84 Å². The molecule has 0 heterocycles. The van der Waals surface area contributed by atoms with Crippen LogP contribution in [0.1, 0.15) is 15.9 Å². The Morgan fingerprint density at radius 2 is 1.50 bits per heavy atom. The first-order chi connectivity index (χ1) is 9.45. The molecule has 0 N–H and O–H groups in total. The van der Waals surface area contributed by atoms with Gasteiger partial charge in [0.25, 0.3) is 5.12 Å². The molecule has 104 valence electrons. The van der Waals surface area contributed by atoms with Crippen LogP contribution in [0.3, 0.4) is 0 Å². The summed E-state index contributed by atoms with van der Waals surface area (Å²) in [5.41, 5.74) is 1.12. The van der Waals surface area contributed by atoms with Crippen LogP contribution in [0, 0.1) is 6.92 Å². The van der Waals surface area contributed by atoms with E-state index in [9.17, 15) is 13.2 Å². The SMILES string of the molecule is COc1ccc(S(=O)(=O)C(=O)c2ccc(C)cc2)cc1. The van der Waals surface area contributed by atoms with Gasteiger partial charge in [0, 0.05) is 5.56 Å². The number of methoxy groups -OCH3 is 1. The maximum Gasteiger partial charge on any atom is 0.281 e. The zero-order chi connectivity index (χ0) is 14.8. The van der Waals surface area contributed by atoms with E-state index in [2.05, 4.69) is 0 Å². The van der Waals surface area contributed by atoms with E-state index in [1.807, 2.05) is 6.92 Å². The van der Waals surface area contributed by atoms with Gasteiger partial charge in [-0.2, -0.15) is 0 Å². The second-order valence-electron chi connectivity index (χ2n) is 4.33. The van der Waals surface area contributed by atoms with E-state index in [4.69, 9.17) is 4.74 Å². The van der Waals surface area contributed by atoms with Crippen molar-refractivity contribution >= 4 is 15.0 Å². The van der Waals surface area contributed by atoms with E-state index in [1.165, 1.54) is 43.5 Å². The Hall–Kier alpha value is -2.14. The molecule has 0 unspecified atom stereocenters. The summed E-state index contributed by atoms with van der Waals surface area (Å²) < 4.78 is 29.4. The molecule has 2 aromatic rings. The third-order valence-corrected chi connectivity index (χ3v) is 4.52. The van der Waals surface area contributed by atoms with Crippen LogP contribution in [-0.4, -0.2) is 20.6 Å². The maximum atomic E-state index is 12.2. The summed E-state index contributed by atoms with van der Waals surface area (Å²) in [4.78, 5) is 12.1. The van der Waals surface area contributed by atoms with Gasteiger partial charge in [-0.1, -0.05) is 29.8 Å². The van der Waals surface area contributed by atoms with Gasteiger partial charge in [-0.25, -0.2) is 8.42 Å². The third kappa shape index (κ3) is 2.72. The number of ether oxygens (including phenoxy) is 1. The molecule has 2 aromatic carbocycles. The van der Waals surface area contributed by atoms with Gasteiger partial charge < -0.3 is 4.74 Å². The van der Waals surface area contributed by atoms with Crippen molar-refractivity contribution in [3.05, 3.63) is 59.7 Å². The second kappa shape index (κ2) is 5.46. The number of hydrogen-bond donors (Lipinski definition) is 0. The van der Waals surface area contributed by atoms with E-state index >= 15 is 0 Å². The Morgan fingerprint density at radius 1 is 0.950 bits per heavy atom. The van der Waals surface area contributed by atoms with Crippen molar-refractivity contribution in [1.82, 2.24) is 0 Å². The molecule has 0 aromatic heterocycles. The molecule has 0 fully saturated rings. The minimum atomic E-state index is -4.02. The number of sulfone groups is 1. The summed E-state index contributed by atoms with van der Waals surface area (Å²) in [6.45, 7) is 1.87. The smallest absolute Gasteiger partial charge is 0.281 e. The number of carbonyl (C=O) groups excluding carboxylic acids is 1. The Kier molecular flexibility index (Phi) is 3.90.